The van der Waals surface area contributed by atoms with Crippen LogP contribution in [0.15, 0.2) is 54.6 Å². The first-order valence-corrected chi connectivity index (χ1v) is 4.99. The molecule has 0 saturated heterocycles. The number of carboxylic acid groups (broad SMARTS) is 1. The summed E-state index contributed by atoms with van der Waals surface area (Å²) in [4.78, 5) is 10.4. The molecule has 0 unspecified atom stereocenters. The van der Waals surface area contributed by atoms with E-state index in [1.165, 1.54) is 18.2 Å². The van der Waals surface area contributed by atoms with Gasteiger partial charge in [0.05, 0.1) is 5.56 Å². The van der Waals surface area contributed by atoms with E-state index in [1.54, 1.807) is 0 Å². The van der Waals surface area contributed by atoms with Crippen molar-refractivity contribution < 1.29 is 9.90 Å². The van der Waals surface area contributed by atoms with Crippen molar-refractivity contribution in [1.29, 1.82) is 0 Å². The molecule has 4 nitrogen and oxygen atoms in total. The lowest BCUT2D eigenvalue weighted by atomic mass is 10.2. The van der Waals surface area contributed by atoms with Crippen molar-refractivity contribution in [2.75, 3.05) is 11.5 Å². The maximum Gasteiger partial charge on any atom is 0.335 e. The molecule has 0 saturated carbocycles. The summed E-state index contributed by atoms with van der Waals surface area (Å²) in [6.07, 6.45) is 0. The zero-order valence-corrected chi connectivity index (χ0v) is 9.21. The van der Waals surface area contributed by atoms with E-state index in [2.05, 4.69) is 0 Å². The van der Waals surface area contributed by atoms with Crippen LogP contribution in [0.3, 0.4) is 0 Å². The minimum absolute atomic E-state index is 0.113. The van der Waals surface area contributed by atoms with Crippen LogP contribution >= 0.6 is 0 Å². The minimum Gasteiger partial charge on any atom is -0.478 e. The first-order valence-electron chi connectivity index (χ1n) is 4.99. The molecule has 0 atom stereocenters. The third-order valence-electron chi connectivity index (χ3n) is 1.89. The predicted molar refractivity (Wildman–Crippen MR) is 68.7 cm³/mol. The Morgan fingerprint density at radius 1 is 0.824 bits per heavy atom. The van der Waals surface area contributed by atoms with Crippen LogP contribution in [-0.4, -0.2) is 11.1 Å². The van der Waals surface area contributed by atoms with Crippen molar-refractivity contribution in [3.05, 3.63) is 60.2 Å². The van der Waals surface area contributed by atoms with Gasteiger partial charge in [-0.15, -0.1) is 0 Å². The van der Waals surface area contributed by atoms with Gasteiger partial charge in [0.15, 0.2) is 0 Å². The van der Waals surface area contributed by atoms with Gasteiger partial charge in [-0.05, 0) is 18.2 Å². The van der Waals surface area contributed by atoms with Crippen LogP contribution in [0, 0.1) is 0 Å². The van der Waals surface area contributed by atoms with Crippen molar-refractivity contribution in [1.82, 2.24) is 0 Å². The van der Waals surface area contributed by atoms with E-state index in [4.69, 9.17) is 16.6 Å². The molecule has 0 radical (unpaired) electrons. The summed E-state index contributed by atoms with van der Waals surface area (Å²) in [6, 6.07) is 16.2. The van der Waals surface area contributed by atoms with Crippen molar-refractivity contribution in [3.8, 4) is 0 Å². The zero-order valence-electron chi connectivity index (χ0n) is 9.21. The van der Waals surface area contributed by atoms with Crippen LogP contribution in [0.5, 0.6) is 0 Å². The molecule has 0 aliphatic rings. The Bertz CT molecular complexity index is 437. The molecular weight excluding hydrogens is 216 g/mol. The fraction of sp³-hybridized carbons (Fsp3) is 0. The van der Waals surface area contributed by atoms with Gasteiger partial charge in [-0.2, -0.15) is 0 Å². The molecule has 4 heteroatoms. The highest BCUT2D eigenvalue weighted by Crippen LogP contribution is 2.12. The normalized spacial score (nSPS) is 8.94. The first kappa shape index (κ1) is 12.6. The van der Waals surface area contributed by atoms with Gasteiger partial charge in [-0.1, -0.05) is 36.4 Å². The smallest absolute Gasteiger partial charge is 0.335 e. The molecule has 2 aromatic rings. The molecular formula is C13H14N2O2. The Labute approximate surface area is 99.5 Å². The molecule has 0 fully saturated rings. The van der Waals surface area contributed by atoms with Gasteiger partial charge in [-0.25, -0.2) is 4.79 Å². The summed E-state index contributed by atoms with van der Waals surface area (Å²) < 4.78 is 0. The highest BCUT2D eigenvalue weighted by Gasteiger charge is 2.02. The van der Waals surface area contributed by atoms with Crippen molar-refractivity contribution >= 4 is 17.3 Å². The second kappa shape index (κ2) is 6.17. The van der Waals surface area contributed by atoms with Crippen molar-refractivity contribution in [2.45, 2.75) is 0 Å². The molecule has 17 heavy (non-hydrogen) atoms. The highest BCUT2D eigenvalue weighted by atomic mass is 16.4. The molecule has 2 aromatic carbocycles. The van der Waals surface area contributed by atoms with E-state index in [9.17, 15) is 4.79 Å². The van der Waals surface area contributed by atoms with E-state index in [-0.39, 0.29) is 5.56 Å². The molecule has 0 amide bonds. The van der Waals surface area contributed by atoms with Crippen LogP contribution in [0.4, 0.5) is 11.4 Å². The monoisotopic (exact) mass is 230 g/mol. The maximum absolute atomic E-state index is 10.4. The van der Waals surface area contributed by atoms with Crippen LogP contribution in [-0.2, 0) is 0 Å². The van der Waals surface area contributed by atoms with Crippen LogP contribution in [0.2, 0.25) is 0 Å². The fourth-order valence-corrected chi connectivity index (χ4v) is 1.18. The molecule has 0 spiro atoms. The van der Waals surface area contributed by atoms with Crippen molar-refractivity contribution in [2.24, 2.45) is 0 Å². The van der Waals surface area contributed by atoms with Crippen LogP contribution in [0.25, 0.3) is 0 Å². The standard InChI is InChI=1S/C7H8N2O2.C6H6/c8-5-1-4(7(10)11)2-6(9)3-5;1-2-4-6-5-3-1/h1-3H,8-9H2,(H,10,11);1-6H. The Kier molecular flexibility index (Phi) is 4.57. The van der Waals surface area contributed by atoms with Gasteiger partial charge in [0.1, 0.15) is 0 Å². The third kappa shape index (κ3) is 4.70. The van der Waals surface area contributed by atoms with Crippen LogP contribution < -0.4 is 11.5 Å². The molecule has 5 N–H and O–H groups in total. The number of nitrogens with two attached hydrogens (primary N) is 2. The van der Waals surface area contributed by atoms with Gasteiger partial charge < -0.3 is 16.6 Å². The summed E-state index contributed by atoms with van der Waals surface area (Å²) >= 11 is 0. The molecule has 0 aliphatic heterocycles. The van der Waals surface area contributed by atoms with Gasteiger partial charge >= 0.3 is 5.97 Å². The number of carboxylic acids is 1. The minimum atomic E-state index is -1.02. The van der Waals surface area contributed by atoms with Gasteiger partial charge in [-0.3, -0.25) is 0 Å². The van der Waals surface area contributed by atoms with Gasteiger partial charge in [0, 0.05) is 11.4 Å². The van der Waals surface area contributed by atoms with Crippen molar-refractivity contribution in [3.63, 3.8) is 0 Å². The Morgan fingerprint density at radius 3 is 1.47 bits per heavy atom. The highest BCUT2D eigenvalue weighted by molar-refractivity contribution is 5.90. The largest absolute Gasteiger partial charge is 0.478 e. The number of carbonyl (C=O) groups is 1. The van der Waals surface area contributed by atoms with E-state index in [1.807, 2.05) is 36.4 Å². The Balaban J connectivity index is 0.000000202. The number of rotatable bonds is 1. The number of hydrogen-bond donors (Lipinski definition) is 3. The molecule has 88 valence electrons. The number of nitrogen functional groups attached to an aromatic ring is 2. The molecule has 0 aliphatic carbocycles. The lowest BCUT2D eigenvalue weighted by Gasteiger charge is -1.98. The number of benzene rings is 2. The lowest BCUT2D eigenvalue weighted by molar-refractivity contribution is 0.0697. The van der Waals surface area contributed by atoms with Crippen LogP contribution in [0.1, 0.15) is 10.4 Å². The maximum atomic E-state index is 10.4. The Morgan fingerprint density at radius 2 is 1.18 bits per heavy atom. The van der Waals surface area contributed by atoms with Gasteiger partial charge in [0.2, 0.25) is 0 Å². The summed E-state index contributed by atoms with van der Waals surface area (Å²) in [5.41, 5.74) is 11.5. The average Bonchev–Trinajstić information content (AvgIpc) is 2.31. The summed E-state index contributed by atoms with van der Waals surface area (Å²) in [6.45, 7) is 0. The topological polar surface area (TPSA) is 89.3 Å². The van der Waals surface area contributed by atoms with E-state index in [0.717, 1.165) is 0 Å². The average molecular weight is 230 g/mol. The second-order valence-electron chi connectivity index (χ2n) is 3.35. The quantitative estimate of drug-likeness (QED) is 0.655. The summed E-state index contributed by atoms with van der Waals surface area (Å²) in [5.74, 6) is -1.02. The first-order chi connectivity index (χ1) is 8.09. The lowest BCUT2D eigenvalue weighted by Crippen LogP contribution is -1.99. The van der Waals surface area contributed by atoms with Gasteiger partial charge in [0.25, 0.3) is 0 Å². The Hall–Kier alpha value is -2.49. The summed E-state index contributed by atoms with van der Waals surface area (Å²) in [7, 11) is 0. The third-order valence-corrected chi connectivity index (χ3v) is 1.89. The fourth-order valence-electron chi connectivity index (χ4n) is 1.18. The molecule has 0 heterocycles. The SMILES string of the molecule is Nc1cc(N)cc(C(=O)O)c1.c1ccccc1. The van der Waals surface area contributed by atoms with E-state index >= 15 is 0 Å². The molecule has 2 rings (SSSR count). The van der Waals surface area contributed by atoms with E-state index < -0.39 is 5.97 Å². The number of aromatic carboxylic acids is 1. The second-order valence-corrected chi connectivity index (χ2v) is 3.35. The summed E-state index contributed by atoms with van der Waals surface area (Å²) in [5, 5.41) is 8.52. The van der Waals surface area contributed by atoms with E-state index in [0.29, 0.717) is 11.4 Å². The predicted octanol–water partition coefficient (Wildman–Crippen LogP) is 2.24. The number of hydrogen-bond acceptors (Lipinski definition) is 3. The molecule has 0 aromatic heterocycles. The molecule has 0 bridgehead atoms. The number of anilines is 2. The zero-order chi connectivity index (χ0) is 12.7.